The van der Waals surface area contributed by atoms with E-state index in [1.165, 1.54) is 34.7 Å². The molecule has 3 atom stereocenters. The minimum Gasteiger partial charge on any atom is -0.300 e. The van der Waals surface area contributed by atoms with Crippen molar-refractivity contribution in [2.75, 3.05) is 0 Å². The highest BCUT2D eigenvalue weighted by atomic mass is 16.1. The number of hydrogen-bond donors (Lipinski definition) is 0. The third kappa shape index (κ3) is 7.16. The van der Waals surface area contributed by atoms with Gasteiger partial charge >= 0.3 is 0 Å². The molecule has 0 radical (unpaired) electrons. The summed E-state index contributed by atoms with van der Waals surface area (Å²) in [5, 5.41) is 0. The van der Waals surface area contributed by atoms with Crippen LogP contribution in [0.3, 0.4) is 0 Å². The summed E-state index contributed by atoms with van der Waals surface area (Å²) in [6.07, 6.45) is 4.95. The number of fused-ring (bicyclic) bond motifs is 1. The summed E-state index contributed by atoms with van der Waals surface area (Å²) in [5.74, 6) is 1.01. The topological polar surface area (TPSA) is 51.2 Å². The van der Waals surface area contributed by atoms with Crippen LogP contribution in [-0.4, -0.2) is 17.3 Å². The quantitative estimate of drug-likeness (QED) is 0.272. The first-order valence-electron chi connectivity index (χ1n) is 15.1. The van der Waals surface area contributed by atoms with Gasteiger partial charge in [-0.1, -0.05) is 91.6 Å². The van der Waals surface area contributed by atoms with E-state index in [4.69, 9.17) is 0 Å². The van der Waals surface area contributed by atoms with Crippen LogP contribution in [0.1, 0.15) is 132 Å². The monoisotopic (exact) mass is 530 g/mol. The van der Waals surface area contributed by atoms with Crippen molar-refractivity contribution in [1.29, 1.82) is 0 Å². The van der Waals surface area contributed by atoms with Crippen LogP contribution in [0.2, 0.25) is 0 Å². The first-order chi connectivity index (χ1) is 18.3. The van der Waals surface area contributed by atoms with Crippen LogP contribution in [0.15, 0.2) is 30.3 Å². The molecule has 1 aliphatic carbocycles. The number of carbonyl (C=O) groups excluding carboxylic acids is 3. The summed E-state index contributed by atoms with van der Waals surface area (Å²) in [4.78, 5) is 38.6. The van der Waals surface area contributed by atoms with E-state index < -0.39 is 0 Å². The lowest BCUT2D eigenvalue weighted by Gasteiger charge is -2.34. The molecule has 2 aromatic rings. The lowest BCUT2D eigenvalue weighted by atomic mass is 9.69. The molecule has 0 spiro atoms. The zero-order chi connectivity index (χ0) is 29.1. The highest BCUT2D eigenvalue weighted by molar-refractivity contribution is 6.02. The molecule has 212 valence electrons. The summed E-state index contributed by atoms with van der Waals surface area (Å²) < 4.78 is 0. The molecule has 3 unspecified atom stereocenters. The Morgan fingerprint density at radius 3 is 2.18 bits per heavy atom. The molecular weight excluding hydrogens is 480 g/mol. The fourth-order valence-corrected chi connectivity index (χ4v) is 6.88. The maximum absolute atomic E-state index is 13.9. The van der Waals surface area contributed by atoms with Crippen LogP contribution >= 0.6 is 0 Å². The Hall–Kier alpha value is -2.55. The molecule has 1 aliphatic rings. The Kier molecular flexibility index (Phi) is 10.1. The third-order valence-corrected chi connectivity index (χ3v) is 8.78. The molecule has 3 heteroatoms. The SMILES string of the molecule is CCCC(CC1CC(=O)c2c(C)c(C(C)(C)C)cc(-c3ccc(C(C)C)cc3)c2C1)C(CC)C(=O)CC(C)=O. The van der Waals surface area contributed by atoms with E-state index in [0.717, 1.165) is 43.2 Å². The van der Waals surface area contributed by atoms with E-state index >= 15 is 0 Å². The van der Waals surface area contributed by atoms with Crippen molar-refractivity contribution in [3.63, 3.8) is 0 Å². The molecule has 3 nitrogen and oxygen atoms in total. The van der Waals surface area contributed by atoms with E-state index in [1.807, 2.05) is 0 Å². The van der Waals surface area contributed by atoms with Crippen molar-refractivity contribution in [3.8, 4) is 11.1 Å². The van der Waals surface area contributed by atoms with Gasteiger partial charge in [0.15, 0.2) is 5.78 Å². The lowest BCUT2D eigenvalue weighted by molar-refractivity contribution is -0.129. The average molecular weight is 531 g/mol. The van der Waals surface area contributed by atoms with E-state index in [0.29, 0.717) is 12.3 Å². The summed E-state index contributed by atoms with van der Waals surface area (Å²) >= 11 is 0. The van der Waals surface area contributed by atoms with E-state index in [1.54, 1.807) is 0 Å². The van der Waals surface area contributed by atoms with Crippen molar-refractivity contribution in [3.05, 3.63) is 58.1 Å². The maximum Gasteiger partial charge on any atom is 0.163 e. The summed E-state index contributed by atoms with van der Waals surface area (Å²) in [6.45, 7) is 18.9. The number of Topliss-reactive ketones (excluding diaryl/α,β-unsaturated/α-hetero) is 3. The molecule has 0 N–H and O–H groups in total. The van der Waals surface area contributed by atoms with E-state index in [9.17, 15) is 14.4 Å². The van der Waals surface area contributed by atoms with Crippen LogP contribution in [0.25, 0.3) is 11.1 Å². The van der Waals surface area contributed by atoms with Gasteiger partial charge in [0.25, 0.3) is 0 Å². The van der Waals surface area contributed by atoms with Crippen LogP contribution in [0, 0.1) is 24.7 Å². The highest BCUT2D eigenvalue weighted by Gasteiger charge is 2.35. The summed E-state index contributed by atoms with van der Waals surface area (Å²) in [7, 11) is 0. The number of carbonyl (C=O) groups is 3. The molecule has 0 fully saturated rings. The Morgan fingerprint density at radius 1 is 1.03 bits per heavy atom. The van der Waals surface area contributed by atoms with Crippen LogP contribution < -0.4 is 0 Å². The van der Waals surface area contributed by atoms with Crippen molar-refractivity contribution in [2.24, 2.45) is 17.8 Å². The van der Waals surface area contributed by atoms with Crippen LogP contribution in [0.4, 0.5) is 0 Å². The highest BCUT2D eigenvalue weighted by Crippen LogP contribution is 2.43. The molecule has 0 amide bonds. The maximum atomic E-state index is 13.9. The van der Waals surface area contributed by atoms with Crippen molar-refractivity contribution in [2.45, 2.75) is 119 Å². The Balaban J connectivity index is 2.06. The zero-order valence-electron chi connectivity index (χ0n) is 25.9. The van der Waals surface area contributed by atoms with E-state index in [-0.39, 0.29) is 46.9 Å². The van der Waals surface area contributed by atoms with Gasteiger partial charge in [0.2, 0.25) is 0 Å². The molecular formula is C36H50O3. The second-order valence-corrected chi connectivity index (χ2v) is 13.3. The standard InChI is InChI=1S/C36H50O3/c1-10-12-28(29(11-2)33(38)17-23(5)37)18-25-19-31-30(27-15-13-26(14-16-27)22(3)4)21-32(36(7,8)9)24(6)35(31)34(39)20-25/h13-16,21-22,25,28-29H,10-12,17-20H2,1-9H3. The minimum atomic E-state index is -0.113. The van der Waals surface area contributed by atoms with Crippen molar-refractivity contribution < 1.29 is 14.4 Å². The number of hydrogen-bond acceptors (Lipinski definition) is 3. The van der Waals surface area contributed by atoms with Gasteiger partial charge in [-0.05, 0) is 89.7 Å². The minimum absolute atomic E-state index is 0.0243. The van der Waals surface area contributed by atoms with Gasteiger partial charge in [-0.25, -0.2) is 0 Å². The third-order valence-electron chi connectivity index (χ3n) is 8.78. The largest absolute Gasteiger partial charge is 0.300 e. The smallest absolute Gasteiger partial charge is 0.163 e. The fraction of sp³-hybridized carbons (Fsp3) is 0.583. The Labute approximate surface area is 237 Å². The molecule has 0 aliphatic heterocycles. The first kappa shape index (κ1) is 31.0. The Morgan fingerprint density at radius 2 is 1.67 bits per heavy atom. The predicted molar refractivity (Wildman–Crippen MR) is 163 cm³/mol. The van der Waals surface area contributed by atoms with E-state index in [2.05, 4.69) is 85.7 Å². The number of rotatable bonds is 11. The summed E-state index contributed by atoms with van der Waals surface area (Å²) in [5.41, 5.74) is 8.06. The Bertz CT molecular complexity index is 1190. The van der Waals surface area contributed by atoms with Gasteiger partial charge in [0.1, 0.15) is 11.6 Å². The van der Waals surface area contributed by atoms with Crippen molar-refractivity contribution in [1.82, 2.24) is 0 Å². The number of benzene rings is 2. The molecule has 2 aromatic carbocycles. The van der Waals surface area contributed by atoms with Gasteiger partial charge in [-0.15, -0.1) is 0 Å². The molecule has 0 heterocycles. The lowest BCUT2D eigenvalue weighted by Crippen LogP contribution is -2.30. The second-order valence-electron chi connectivity index (χ2n) is 13.3. The zero-order valence-corrected chi connectivity index (χ0v) is 25.9. The average Bonchev–Trinajstić information content (AvgIpc) is 2.83. The van der Waals surface area contributed by atoms with Gasteiger partial charge in [0.05, 0.1) is 6.42 Å². The van der Waals surface area contributed by atoms with Gasteiger partial charge in [-0.2, -0.15) is 0 Å². The van der Waals surface area contributed by atoms with Gasteiger partial charge in [-0.3, -0.25) is 14.4 Å². The molecule has 0 bridgehead atoms. The molecule has 3 rings (SSSR count). The molecule has 39 heavy (non-hydrogen) atoms. The van der Waals surface area contributed by atoms with Crippen molar-refractivity contribution >= 4 is 17.3 Å². The van der Waals surface area contributed by atoms with Crippen LogP contribution in [0.5, 0.6) is 0 Å². The van der Waals surface area contributed by atoms with Gasteiger partial charge in [0, 0.05) is 17.9 Å². The predicted octanol–water partition coefficient (Wildman–Crippen LogP) is 9.21. The fourth-order valence-electron chi connectivity index (χ4n) is 6.88. The molecule has 0 saturated heterocycles. The second kappa shape index (κ2) is 12.7. The van der Waals surface area contributed by atoms with Gasteiger partial charge < -0.3 is 0 Å². The number of ketones is 3. The first-order valence-corrected chi connectivity index (χ1v) is 15.1. The van der Waals surface area contributed by atoms with Crippen LogP contribution in [-0.2, 0) is 21.4 Å². The molecule has 0 aromatic heterocycles. The normalized spacial score (nSPS) is 17.2. The summed E-state index contributed by atoms with van der Waals surface area (Å²) in [6, 6.07) is 11.2. The molecule has 0 saturated carbocycles.